The molecule has 2 rings (SSSR count). The molecule has 0 unspecified atom stereocenters. The third-order valence-electron chi connectivity index (χ3n) is 4.02. The molecule has 0 spiro atoms. The molecule has 26 heavy (non-hydrogen) atoms. The Labute approximate surface area is 156 Å². The number of quaternary nitrogens is 1. The number of halogens is 1. The van der Waals surface area contributed by atoms with Crippen LogP contribution in [0.5, 0.6) is 5.75 Å². The summed E-state index contributed by atoms with van der Waals surface area (Å²) < 4.78 is 5.14. The highest BCUT2D eigenvalue weighted by molar-refractivity contribution is 6.30. The number of carbonyl (C=O) groups excluding carboxylic acids is 1. The number of nitrogens with two attached hydrogens (primary N) is 1. The lowest BCUT2D eigenvalue weighted by atomic mass is 10.1. The standard InChI is InChI=1S/C18H20ClN3O4/c1-11(13-5-4-6-14(19)9-13)20-12(2)18(23)21-16-8-7-15(22(24)25)10-17(16)26-3/h4-12,20H,1-3H3,(H,21,23)/p+1/t11-,12+/m1/s1. The minimum atomic E-state index is -0.517. The molecule has 0 aliphatic heterocycles. The summed E-state index contributed by atoms with van der Waals surface area (Å²) in [5.74, 6) is 0.00803. The van der Waals surface area contributed by atoms with Crippen molar-refractivity contribution in [2.45, 2.75) is 25.9 Å². The van der Waals surface area contributed by atoms with E-state index in [0.29, 0.717) is 10.7 Å². The van der Waals surface area contributed by atoms with Crippen LogP contribution in [0.4, 0.5) is 11.4 Å². The highest BCUT2D eigenvalue weighted by Crippen LogP contribution is 2.29. The summed E-state index contributed by atoms with van der Waals surface area (Å²) in [6.07, 6.45) is 0. The normalized spacial score (nSPS) is 12.9. The lowest BCUT2D eigenvalue weighted by Gasteiger charge is -2.17. The van der Waals surface area contributed by atoms with Crippen LogP contribution < -0.4 is 15.4 Å². The van der Waals surface area contributed by atoms with E-state index in [9.17, 15) is 14.9 Å². The molecule has 0 aromatic heterocycles. The van der Waals surface area contributed by atoms with E-state index in [-0.39, 0.29) is 29.4 Å². The van der Waals surface area contributed by atoms with Crippen molar-refractivity contribution in [1.29, 1.82) is 0 Å². The second-order valence-electron chi connectivity index (χ2n) is 5.96. The number of amides is 1. The molecule has 2 aromatic carbocycles. The van der Waals surface area contributed by atoms with Gasteiger partial charge in [-0.05, 0) is 32.0 Å². The lowest BCUT2D eigenvalue weighted by Crippen LogP contribution is -2.91. The van der Waals surface area contributed by atoms with Gasteiger partial charge in [0.05, 0.1) is 23.8 Å². The van der Waals surface area contributed by atoms with Crippen molar-refractivity contribution in [2.75, 3.05) is 12.4 Å². The third-order valence-corrected chi connectivity index (χ3v) is 4.25. The SMILES string of the molecule is COc1cc([N+](=O)[O-])ccc1NC(=O)[C@H](C)[NH2+][C@H](C)c1cccc(Cl)c1. The molecule has 1 amide bonds. The smallest absolute Gasteiger partial charge is 0.282 e. The quantitative estimate of drug-likeness (QED) is 0.571. The molecule has 0 saturated carbocycles. The molecule has 2 atom stereocenters. The molecule has 0 saturated heterocycles. The van der Waals surface area contributed by atoms with Crippen LogP contribution in [0.3, 0.4) is 0 Å². The van der Waals surface area contributed by atoms with Crippen LogP contribution in [0.15, 0.2) is 42.5 Å². The summed E-state index contributed by atoms with van der Waals surface area (Å²) in [5, 5.41) is 16.2. The van der Waals surface area contributed by atoms with Gasteiger partial charge in [0.2, 0.25) is 0 Å². The molecule has 0 fully saturated rings. The number of rotatable bonds is 7. The molecule has 0 heterocycles. The molecule has 3 N–H and O–H groups in total. The highest BCUT2D eigenvalue weighted by Gasteiger charge is 2.22. The number of carbonyl (C=O) groups is 1. The largest absolute Gasteiger partial charge is 0.494 e. The first-order valence-corrected chi connectivity index (χ1v) is 8.43. The fourth-order valence-electron chi connectivity index (χ4n) is 2.56. The van der Waals surface area contributed by atoms with Gasteiger partial charge in [0.15, 0.2) is 6.04 Å². The molecule has 8 heteroatoms. The Bertz CT molecular complexity index is 813. The van der Waals surface area contributed by atoms with Crippen LogP contribution in [-0.4, -0.2) is 24.0 Å². The van der Waals surface area contributed by atoms with Gasteiger partial charge < -0.3 is 15.4 Å². The molecule has 7 nitrogen and oxygen atoms in total. The highest BCUT2D eigenvalue weighted by atomic mass is 35.5. The summed E-state index contributed by atoms with van der Waals surface area (Å²) in [5.41, 5.74) is 1.30. The maximum absolute atomic E-state index is 12.5. The summed E-state index contributed by atoms with van der Waals surface area (Å²) >= 11 is 6.01. The monoisotopic (exact) mass is 378 g/mol. The van der Waals surface area contributed by atoms with E-state index < -0.39 is 4.92 Å². The zero-order valence-corrected chi connectivity index (χ0v) is 15.5. The van der Waals surface area contributed by atoms with E-state index in [1.54, 1.807) is 13.0 Å². The number of nitro benzene ring substituents is 1. The fourth-order valence-corrected chi connectivity index (χ4v) is 2.76. The minimum absolute atomic E-state index is 0.0354. The summed E-state index contributed by atoms with van der Waals surface area (Å²) in [6, 6.07) is 11.2. The van der Waals surface area contributed by atoms with Crippen LogP contribution in [0.2, 0.25) is 5.02 Å². The summed E-state index contributed by atoms with van der Waals surface area (Å²) in [4.78, 5) is 22.8. The first-order chi connectivity index (χ1) is 12.3. The molecule has 2 aromatic rings. The van der Waals surface area contributed by atoms with E-state index in [1.807, 2.05) is 30.4 Å². The lowest BCUT2D eigenvalue weighted by molar-refractivity contribution is -0.709. The summed E-state index contributed by atoms with van der Waals surface area (Å²) in [6.45, 7) is 3.77. The van der Waals surface area contributed by atoms with Gasteiger partial charge in [-0.15, -0.1) is 0 Å². The Morgan fingerprint density at radius 1 is 1.27 bits per heavy atom. The van der Waals surface area contributed by atoms with Gasteiger partial charge in [0.25, 0.3) is 11.6 Å². The van der Waals surface area contributed by atoms with E-state index in [2.05, 4.69) is 5.32 Å². The molecule has 0 bridgehead atoms. The van der Waals surface area contributed by atoms with Crippen molar-refractivity contribution < 1.29 is 19.8 Å². The van der Waals surface area contributed by atoms with Gasteiger partial charge in [-0.3, -0.25) is 14.9 Å². The van der Waals surface area contributed by atoms with Crippen LogP contribution in [0.1, 0.15) is 25.5 Å². The zero-order chi connectivity index (χ0) is 19.3. The molecule has 0 aliphatic carbocycles. The number of non-ortho nitro benzene ring substituents is 1. The Hall–Kier alpha value is -2.64. The number of anilines is 1. The first-order valence-electron chi connectivity index (χ1n) is 8.05. The maximum atomic E-state index is 12.5. The number of nitrogens with one attached hydrogen (secondary N) is 1. The molecular weight excluding hydrogens is 358 g/mol. The topological polar surface area (TPSA) is 98.1 Å². The minimum Gasteiger partial charge on any atom is -0.494 e. The van der Waals surface area contributed by atoms with Gasteiger partial charge >= 0.3 is 0 Å². The number of hydrogen-bond donors (Lipinski definition) is 2. The van der Waals surface area contributed by atoms with Crippen molar-refractivity contribution in [3.63, 3.8) is 0 Å². The summed E-state index contributed by atoms with van der Waals surface area (Å²) in [7, 11) is 1.39. The average Bonchev–Trinajstić information content (AvgIpc) is 2.61. The van der Waals surface area contributed by atoms with Gasteiger partial charge in [-0.25, -0.2) is 0 Å². The van der Waals surface area contributed by atoms with E-state index in [1.165, 1.54) is 25.3 Å². The number of nitro groups is 1. The average molecular weight is 379 g/mol. The van der Waals surface area contributed by atoms with Gasteiger partial charge in [0.1, 0.15) is 11.8 Å². The van der Waals surface area contributed by atoms with Gasteiger partial charge in [-0.1, -0.05) is 23.7 Å². The maximum Gasteiger partial charge on any atom is 0.282 e. The van der Waals surface area contributed by atoms with Crippen LogP contribution in [-0.2, 0) is 4.79 Å². The van der Waals surface area contributed by atoms with E-state index in [4.69, 9.17) is 16.3 Å². The van der Waals surface area contributed by atoms with Crippen molar-refractivity contribution >= 4 is 28.9 Å². The Kier molecular flexibility index (Phi) is 6.54. The van der Waals surface area contributed by atoms with E-state index in [0.717, 1.165) is 5.56 Å². The van der Waals surface area contributed by atoms with Gasteiger partial charge in [0, 0.05) is 16.7 Å². The Morgan fingerprint density at radius 3 is 2.62 bits per heavy atom. The molecule has 0 radical (unpaired) electrons. The molecular formula is C18H21ClN3O4+. The van der Waals surface area contributed by atoms with Crippen LogP contribution in [0.25, 0.3) is 0 Å². The first kappa shape index (κ1) is 19.7. The number of nitrogens with zero attached hydrogens (tertiary/aromatic N) is 1. The predicted molar refractivity (Wildman–Crippen MR) is 99.5 cm³/mol. The number of ether oxygens (including phenoxy) is 1. The number of benzene rings is 2. The second kappa shape index (κ2) is 8.64. The zero-order valence-electron chi connectivity index (χ0n) is 14.7. The number of methoxy groups -OCH3 is 1. The van der Waals surface area contributed by atoms with E-state index >= 15 is 0 Å². The molecule has 0 aliphatic rings. The van der Waals surface area contributed by atoms with Crippen molar-refractivity contribution in [3.8, 4) is 5.75 Å². The van der Waals surface area contributed by atoms with Crippen LogP contribution >= 0.6 is 11.6 Å². The Morgan fingerprint density at radius 2 is 2.00 bits per heavy atom. The van der Waals surface area contributed by atoms with Crippen molar-refractivity contribution in [1.82, 2.24) is 0 Å². The third kappa shape index (κ3) is 4.93. The van der Waals surface area contributed by atoms with Crippen molar-refractivity contribution in [2.24, 2.45) is 0 Å². The predicted octanol–water partition coefficient (Wildman–Crippen LogP) is 2.91. The fraction of sp³-hybridized carbons (Fsp3) is 0.278. The Balaban J connectivity index is 2.06. The van der Waals surface area contributed by atoms with Crippen molar-refractivity contribution in [3.05, 3.63) is 63.2 Å². The van der Waals surface area contributed by atoms with Crippen LogP contribution in [0, 0.1) is 10.1 Å². The number of hydrogen-bond acceptors (Lipinski definition) is 4. The van der Waals surface area contributed by atoms with Gasteiger partial charge in [-0.2, -0.15) is 0 Å². The molecule has 138 valence electrons. The second-order valence-corrected chi connectivity index (χ2v) is 6.39.